The van der Waals surface area contributed by atoms with Crippen molar-refractivity contribution in [3.05, 3.63) is 29.1 Å². The molecule has 0 amide bonds. The zero-order chi connectivity index (χ0) is 8.43. The van der Waals surface area contributed by atoms with Gasteiger partial charge in [-0.15, -0.1) is 0 Å². The highest BCUT2D eigenvalue weighted by Gasteiger charge is 2.03. The quantitative estimate of drug-likeness (QED) is 0.621. The molecule has 0 aliphatic heterocycles. The molecule has 0 aromatic carbocycles. The van der Waals surface area contributed by atoms with E-state index >= 15 is 0 Å². The van der Waals surface area contributed by atoms with Crippen molar-refractivity contribution >= 4 is 0 Å². The van der Waals surface area contributed by atoms with Gasteiger partial charge in [0.05, 0.1) is 0 Å². The standard InChI is InChI=1S/C10H15N.CH4/c1-7(2)10-9(4)5-8(3)6-11-10;/h5-7H,1-4H3;1H4. The Labute approximate surface area is 75.8 Å². The number of hydrogen-bond donors (Lipinski definition) is 0. The summed E-state index contributed by atoms with van der Waals surface area (Å²) in [7, 11) is 0. The molecule has 68 valence electrons. The second-order valence-corrected chi connectivity index (χ2v) is 3.37. The summed E-state index contributed by atoms with van der Waals surface area (Å²) in [5.41, 5.74) is 3.77. The van der Waals surface area contributed by atoms with E-state index in [2.05, 4.69) is 38.7 Å². The normalized spacial score (nSPS) is 9.75. The molecule has 1 heterocycles. The molecule has 0 saturated carbocycles. The molecule has 0 spiro atoms. The average Bonchev–Trinajstić information content (AvgIpc) is 1.85. The van der Waals surface area contributed by atoms with Crippen molar-refractivity contribution in [1.82, 2.24) is 4.98 Å². The van der Waals surface area contributed by atoms with E-state index in [1.807, 2.05) is 6.20 Å². The highest BCUT2D eigenvalue weighted by atomic mass is 14.7. The van der Waals surface area contributed by atoms with Crippen LogP contribution in [0.15, 0.2) is 12.3 Å². The molecule has 1 heteroatoms. The maximum Gasteiger partial charge on any atom is 0.0458 e. The van der Waals surface area contributed by atoms with Crippen LogP contribution in [-0.4, -0.2) is 4.98 Å². The first-order valence-corrected chi connectivity index (χ1v) is 4.04. The molecule has 0 saturated heterocycles. The fourth-order valence-corrected chi connectivity index (χ4v) is 1.33. The average molecular weight is 165 g/mol. The maximum atomic E-state index is 4.38. The Kier molecular flexibility index (Phi) is 3.94. The number of nitrogens with zero attached hydrogens (tertiary/aromatic N) is 1. The number of rotatable bonds is 1. The first-order chi connectivity index (χ1) is 5.11. The smallest absolute Gasteiger partial charge is 0.0458 e. The Bertz CT molecular complexity index is 251. The van der Waals surface area contributed by atoms with Crippen LogP contribution in [0.2, 0.25) is 0 Å². The monoisotopic (exact) mass is 165 g/mol. The summed E-state index contributed by atoms with van der Waals surface area (Å²) < 4.78 is 0. The van der Waals surface area contributed by atoms with E-state index in [4.69, 9.17) is 0 Å². The van der Waals surface area contributed by atoms with Crippen LogP contribution in [0.1, 0.15) is 44.0 Å². The minimum atomic E-state index is 0. The van der Waals surface area contributed by atoms with Gasteiger partial charge in [-0.3, -0.25) is 4.98 Å². The second-order valence-electron chi connectivity index (χ2n) is 3.37. The molecule has 0 atom stereocenters. The molecule has 1 aromatic rings. The lowest BCUT2D eigenvalue weighted by molar-refractivity contribution is 0.809. The van der Waals surface area contributed by atoms with Gasteiger partial charge in [0.2, 0.25) is 0 Å². The predicted molar refractivity (Wildman–Crippen MR) is 54.5 cm³/mol. The molecular formula is C11H19N. The van der Waals surface area contributed by atoms with E-state index in [0.29, 0.717) is 5.92 Å². The van der Waals surface area contributed by atoms with Crippen molar-refractivity contribution in [2.75, 3.05) is 0 Å². The third-order valence-electron chi connectivity index (χ3n) is 1.80. The largest absolute Gasteiger partial charge is 0.260 e. The van der Waals surface area contributed by atoms with Crippen LogP contribution < -0.4 is 0 Å². The zero-order valence-corrected chi connectivity index (χ0v) is 7.68. The van der Waals surface area contributed by atoms with E-state index in [1.54, 1.807) is 0 Å². The fourth-order valence-electron chi connectivity index (χ4n) is 1.33. The third-order valence-corrected chi connectivity index (χ3v) is 1.80. The fraction of sp³-hybridized carbons (Fsp3) is 0.545. The van der Waals surface area contributed by atoms with Gasteiger partial charge in [-0.1, -0.05) is 27.3 Å². The molecular weight excluding hydrogens is 146 g/mol. The highest BCUT2D eigenvalue weighted by Crippen LogP contribution is 2.16. The van der Waals surface area contributed by atoms with E-state index in [1.165, 1.54) is 16.8 Å². The van der Waals surface area contributed by atoms with Crippen molar-refractivity contribution in [3.63, 3.8) is 0 Å². The van der Waals surface area contributed by atoms with Crippen molar-refractivity contribution in [2.24, 2.45) is 0 Å². The molecule has 0 aliphatic rings. The SMILES string of the molecule is C.Cc1cnc(C(C)C)c(C)c1. The predicted octanol–water partition coefficient (Wildman–Crippen LogP) is 3.46. The van der Waals surface area contributed by atoms with E-state index in [-0.39, 0.29) is 7.43 Å². The molecule has 0 fully saturated rings. The molecule has 0 bridgehead atoms. The van der Waals surface area contributed by atoms with Crippen molar-refractivity contribution in [3.8, 4) is 0 Å². The van der Waals surface area contributed by atoms with Crippen molar-refractivity contribution < 1.29 is 0 Å². The first kappa shape index (κ1) is 11.2. The Morgan fingerprint density at radius 3 is 2.25 bits per heavy atom. The van der Waals surface area contributed by atoms with Crippen molar-refractivity contribution in [1.29, 1.82) is 0 Å². The minimum Gasteiger partial charge on any atom is -0.260 e. The van der Waals surface area contributed by atoms with Gasteiger partial charge in [0.1, 0.15) is 0 Å². The topological polar surface area (TPSA) is 12.9 Å². The molecule has 0 radical (unpaired) electrons. The van der Waals surface area contributed by atoms with Crippen LogP contribution in [0.3, 0.4) is 0 Å². The summed E-state index contributed by atoms with van der Waals surface area (Å²) in [5.74, 6) is 0.538. The van der Waals surface area contributed by atoms with Crippen molar-refractivity contribution in [2.45, 2.75) is 41.0 Å². The van der Waals surface area contributed by atoms with Gasteiger partial charge in [-0.25, -0.2) is 0 Å². The van der Waals surface area contributed by atoms with Crippen LogP contribution in [0.5, 0.6) is 0 Å². The van der Waals surface area contributed by atoms with Gasteiger partial charge >= 0.3 is 0 Å². The van der Waals surface area contributed by atoms with Crippen LogP contribution in [0.25, 0.3) is 0 Å². The Hall–Kier alpha value is -0.850. The molecule has 12 heavy (non-hydrogen) atoms. The lowest BCUT2D eigenvalue weighted by Crippen LogP contribution is -1.96. The summed E-state index contributed by atoms with van der Waals surface area (Å²) in [6.07, 6.45) is 1.93. The molecule has 1 aromatic heterocycles. The van der Waals surface area contributed by atoms with Gasteiger partial charge < -0.3 is 0 Å². The van der Waals surface area contributed by atoms with Gasteiger partial charge in [0.25, 0.3) is 0 Å². The Balaban J connectivity index is 0.00000121. The summed E-state index contributed by atoms with van der Waals surface area (Å²) in [4.78, 5) is 4.38. The zero-order valence-electron chi connectivity index (χ0n) is 7.68. The number of pyridine rings is 1. The summed E-state index contributed by atoms with van der Waals surface area (Å²) in [6, 6.07) is 2.18. The molecule has 0 aliphatic carbocycles. The first-order valence-electron chi connectivity index (χ1n) is 4.04. The van der Waals surface area contributed by atoms with E-state index < -0.39 is 0 Å². The lowest BCUT2D eigenvalue weighted by Gasteiger charge is -2.07. The highest BCUT2D eigenvalue weighted by molar-refractivity contribution is 5.24. The van der Waals surface area contributed by atoms with E-state index in [0.717, 1.165) is 0 Å². The number of hydrogen-bond acceptors (Lipinski definition) is 1. The second kappa shape index (κ2) is 4.24. The lowest BCUT2D eigenvalue weighted by atomic mass is 10.0. The summed E-state index contributed by atoms with van der Waals surface area (Å²) in [5, 5.41) is 0. The van der Waals surface area contributed by atoms with Crippen LogP contribution in [0.4, 0.5) is 0 Å². The van der Waals surface area contributed by atoms with Gasteiger partial charge in [-0.2, -0.15) is 0 Å². The van der Waals surface area contributed by atoms with Crippen LogP contribution >= 0.6 is 0 Å². The Morgan fingerprint density at radius 2 is 1.83 bits per heavy atom. The number of aryl methyl sites for hydroxylation is 2. The summed E-state index contributed by atoms with van der Waals surface area (Å²) >= 11 is 0. The Morgan fingerprint density at radius 1 is 1.25 bits per heavy atom. The van der Waals surface area contributed by atoms with Gasteiger partial charge in [0, 0.05) is 11.9 Å². The third kappa shape index (κ3) is 2.33. The van der Waals surface area contributed by atoms with E-state index in [9.17, 15) is 0 Å². The van der Waals surface area contributed by atoms with Crippen LogP contribution in [-0.2, 0) is 0 Å². The van der Waals surface area contributed by atoms with Gasteiger partial charge in [-0.05, 0) is 30.9 Å². The minimum absolute atomic E-state index is 0. The van der Waals surface area contributed by atoms with Crippen LogP contribution in [0, 0.1) is 13.8 Å². The molecule has 1 nitrogen and oxygen atoms in total. The maximum absolute atomic E-state index is 4.38. The summed E-state index contributed by atoms with van der Waals surface area (Å²) in [6.45, 7) is 8.54. The van der Waals surface area contributed by atoms with Gasteiger partial charge in [0.15, 0.2) is 0 Å². The molecule has 1 rings (SSSR count). The molecule has 0 unspecified atom stereocenters. The molecule has 0 N–H and O–H groups in total. The number of aromatic nitrogens is 1.